The van der Waals surface area contributed by atoms with Crippen LogP contribution in [-0.2, 0) is 9.59 Å². The molecule has 7 heteroatoms. The van der Waals surface area contributed by atoms with E-state index in [1.807, 2.05) is 34.9 Å². The lowest BCUT2D eigenvalue weighted by atomic mass is 9.82. The van der Waals surface area contributed by atoms with Crippen LogP contribution < -0.4 is 9.47 Å². The molecule has 1 aromatic rings. The largest absolute Gasteiger partial charge is 0.497 e. The number of hydrogen-bond acceptors (Lipinski definition) is 5. The summed E-state index contributed by atoms with van der Waals surface area (Å²) in [6.45, 7) is 5.75. The first kappa shape index (κ1) is 20.5. The van der Waals surface area contributed by atoms with Crippen LogP contribution in [0.3, 0.4) is 0 Å². The topological polar surface area (TPSA) is 62.3 Å². The molecule has 0 radical (unpaired) electrons. The van der Waals surface area contributed by atoms with Gasteiger partial charge < -0.3 is 24.2 Å². The van der Waals surface area contributed by atoms with Crippen molar-refractivity contribution in [1.82, 2.24) is 14.7 Å². The summed E-state index contributed by atoms with van der Waals surface area (Å²) in [5.74, 6) is 1.31. The van der Waals surface area contributed by atoms with Gasteiger partial charge >= 0.3 is 0 Å². The van der Waals surface area contributed by atoms with E-state index in [0.717, 1.165) is 31.7 Å². The van der Waals surface area contributed by atoms with Crippen LogP contribution in [0, 0.1) is 5.92 Å². The summed E-state index contributed by atoms with van der Waals surface area (Å²) in [5.41, 5.74) is 0.866. The Morgan fingerprint density at radius 2 is 1.86 bits per heavy atom. The second-order valence-corrected chi connectivity index (χ2v) is 7.51. The van der Waals surface area contributed by atoms with Crippen molar-refractivity contribution < 1.29 is 19.1 Å². The van der Waals surface area contributed by atoms with E-state index in [2.05, 4.69) is 11.9 Å². The molecule has 0 N–H and O–H groups in total. The fourth-order valence-electron chi connectivity index (χ4n) is 4.29. The van der Waals surface area contributed by atoms with Gasteiger partial charge in [-0.05, 0) is 32.5 Å². The molecule has 2 amide bonds. The summed E-state index contributed by atoms with van der Waals surface area (Å²) in [6, 6.07) is 5.29. The standard InChI is InChI=1S/C21H31N3O4/c1-5-24-19(25)9-8-17(21(26)23-12-10-22(2)11-13-23)20(24)16-7-6-15(27-3)14-18(16)28-4/h6-7,14,17,20H,5,8-13H2,1-4H3/t17-,20+/m1/s1. The van der Waals surface area contributed by atoms with E-state index < -0.39 is 0 Å². The number of carbonyl (C=O) groups is 2. The van der Waals surface area contributed by atoms with Gasteiger partial charge in [-0.1, -0.05) is 0 Å². The molecule has 2 aliphatic rings. The lowest BCUT2D eigenvalue weighted by molar-refractivity contribution is -0.148. The average molecular weight is 389 g/mol. The maximum absolute atomic E-state index is 13.4. The Bertz CT molecular complexity index is 716. The number of hydrogen-bond donors (Lipinski definition) is 0. The molecule has 1 aromatic carbocycles. The van der Waals surface area contributed by atoms with Gasteiger partial charge in [-0.3, -0.25) is 9.59 Å². The van der Waals surface area contributed by atoms with Crippen molar-refractivity contribution in [2.75, 3.05) is 54.0 Å². The minimum atomic E-state index is -0.320. The van der Waals surface area contributed by atoms with Gasteiger partial charge in [0.15, 0.2) is 0 Å². The zero-order chi connectivity index (χ0) is 20.3. The molecule has 0 saturated carbocycles. The van der Waals surface area contributed by atoms with Crippen molar-refractivity contribution in [3.63, 3.8) is 0 Å². The SMILES string of the molecule is CCN1C(=O)CC[C@@H](C(=O)N2CCN(C)CC2)[C@@H]1c1ccc(OC)cc1OC. The van der Waals surface area contributed by atoms with E-state index in [-0.39, 0.29) is 23.8 Å². The first-order chi connectivity index (χ1) is 13.5. The van der Waals surface area contributed by atoms with Gasteiger partial charge in [0, 0.05) is 50.8 Å². The summed E-state index contributed by atoms with van der Waals surface area (Å²) < 4.78 is 10.9. The number of rotatable bonds is 5. The minimum absolute atomic E-state index is 0.0906. The molecular formula is C21H31N3O4. The Morgan fingerprint density at radius 1 is 1.14 bits per heavy atom. The first-order valence-corrected chi connectivity index (χ1v) is 9.98. The second kappa shape index (κ2) is 8.82. The van der Waals surface area contributed by atoms with E-state index in [1.165, 1.54) is 0 Å². The Kier molecular flexibility index (Phi) is 6.44. The van der Waals surface area contributed by atoms with Crippen LogP contribution in [0.4, 0.5) is 0 Å². The summed E-state index contributed by atoms with van der Waals surface area (Å²) >= 11 is 0. The van der Waals surface area contributed by atoms with Gasteiger partial charge in [-0.25, -0.2) is 0 Å². The predicted octanol–water partition coefficient (Wildman–Crippen LogP) is 1.78. The molecule has 0 aliphatic carbocycles. The maximum atomic E-state index is 13.4. The van der Waals surface area contributed by atoms with Gasteiger partial charge in [-0.15, -0.1) is 0 Å². The van der Waals surface area contributed by atoms with Crippen molar-refractivity contribution in [2.45, 2.75) is 25.8 Å². The van der Waals surface area contributed by atoms with E-state index in [4.69, 9.17) is 9.47 Å². The quantitative estimate of drug-likeness (QED) is 0.768. The minimum Gasteiger partial charge on any atom is -0.497 e. The van der Waals surface area contributed by atoms with Crippen LogP contribution in [0.25, 0.3) is 0 Å². The van der Waals surface area contributed by atoms with Crippen LogP contribution in [0.2, 0.25) is 0 Å². The van der Waals surface area contributed by atoms with Crippen molar-refractivity contribution in [1.29, 1.82) is 0 Å². The first-order valence-electron chi connectivity index (χ1n) is 9.98. The zero-order valence-corrected chi connectivity index (χ0v) is 17.3. The van der Waals surface area contributed by atoms with Crippen LogP contribution in [0.5, 0.6) is 11.5 Å². The third-order valence-corrected chi connectivity index (χ3v) is 5.94. The van der Waals surface area contributed by atoms with E-state index in [0.29, 0.717) is 30.9 Å². The summed E-state index contributed by atoms with van der Waals surface area (Å²) in [5, 5.41) is 0. The second-order valence-electron chi connectivity index (χ2n) is 7.51. The van der Waals surface area contributed by atoms with Gasteiger partial charge in [-0.2, -0.15) is 0 Å². The molecular weight excluding hydrogens is 358 g/mol. The van der Waals surface area contributed by atoms with Crippen molar-refractivity contribution >= 4 is 11.8 Å². The molecule has 2 saturated heterocycles. The van der Waals surface area contributed by atoms with Crippen LogP contribution in [0.1, 0.15) is 31.4 Å². The van der Waals surface area contributed by atoms with Crippen LogP contribution in [0.15, 0.2) is 18.2 Å². The zero-order valence-electron chi connectivity index (χ0n) is 17.3. The highest BCUT2D eigenvalue weighted by molar-refractivity contribution is 5.85. The molecule has 0 spiro atoms. The van der Waals surface area contributed by atoms with Crippen LogP contribution in [-0.4, -0.2) is 80.5 Å². The van der Waals surface area contributed by atoms with E-state index in [1.54, 1.807) is 14.2 Å². The third-order valence-electron chi connectivity index (χ3n) is 5.94. The fourth-order valence-corrected chi connectivity index (χ4v) is 4.29. The molecule has 2 fully saturated rings. The van der Waals surface area contributed by atoms with Crippen molar-refractivity contribution in [2.24, 2.45) is 5.92 Å². The van der Waals surface area contributed by atoms with Crippen molar-refractivity contribution in [3.8, 4) is 11.5 Å². The lowest BCUT2D eigenvalue weighted by Crippen LogP contribution is -2.53. The molecule has 28 heavy (non-hydrogen) atoms. The molecule has 2 aliphatic heterocycles. The number of likely N-dealkylation sites (N-methyl/N-ethyl adjacent to an activating group) is 1. The molecule has 0 unspecified atom stereocenters. The monoisotopic (exact) mass is 389 g/mol. The number of piperazine rings is 1. The molecule has 2 atom stereocenters. The highest BCUT2D eigenvalue weighted by Gasteiger charge is 2.43. The number of carbonyl (C=O) groups excluding carboxylic acids is 2. The molecule has 0 bridgehead atoms. The number of ether oxygens (including phenoxy) is 2. The van der Waals surface area contributed by atoms with Crippen LogP contribution >= 0.6 is 0 Å². The lowest BCUT2D eigenvalue weighted by Gasteiger charge is -2.43. The number of nitrogens with zero attached hydrogens (tertiary/aromatic N) is 3. The molecule has 2 heterocycles. The number of piperidine rings is 1. The number of benzene rings is 1. The Balaban J connectivity index is 1.96. The Morgan fingerprint density at radius 3 is 2.46 bits per heavy atom. The summed E-state index contributed by atoms with van der Waals surface area (Å²) in [7, 11) is 5.29. The van der Waals surface area contributed by atoms with E-state index >= 15 is 0 Å². The van der Waals surface area contributed by atoms with Gasteiger partial charge in [0.2, 0.25) is 11.8 Å². The van der Waals surface area contributed by atoms with Crippen molar-refractivity contribution in [3.05, 3.63) is 23.8 Å². The highest BCUT2D eigenvalue weighted by Crippen LogP contribution is 2.42. The molecule has 3 rings (SSSR count). The highest BCUT2D eigenvalue weighted by atomic mass is 16.5. The smallest absolute Gasteiger partial charge is 0.228 e. The summed E-state index contributed by atoms with van der Waals surface area (Å²) in [4.78, 5) is 32.1. The predicted molar refractivity (Wildman–Crippen MR) is 106 cm³/mol. The molecule has 0 aromatic heterocycles. The normalized spacial score (nSPS) is 23.6. The number of methoxy groups -OCH3 is 2. The summed E-state index contributed by atoms with van der Waals surface area (Å²) in [6.07, 6.45) is 0.979. The van der Waals surface area contributed by atoms with Gasteiger partial charge in [0.05, 0.1) is 26.2 Å². The van der Waals surface area contributed by atoms with Gasteiger partial charge in [0.1, 0.15) is 11.5 Å². The Labute approximate surface area is 167 Å². The number of likely N-dealkylation sites (tertiary alicyclic amines) is 1. The molecule has 7 nitrogen and oxygen atoms in total. The average Bonchev–Trinajstić information content (AvgIpc) is 2.73. The maximum Gasteiger partial charge on any atom is 0.228 e. The third kappa shape index (κ3) is 3.94. The Hall–Kier alpha value is -2.28. The van der Waals surface area contributed by atoms with E-state index in [9.17, 15) is 9.59 Å². The molecule has 154 valence electrons. The fraction of sp³-hybridized carbons (Fsp3) is 0.619. The number of amides is 2. The van der Waals surface area contributed by atoms with Gasteiger partial charge in [0.25, 0.3) is 0 Å².